The fourth-order valence-electron chi connectivity index (χ4n) is 1.90. The van der Waals surface area contributed by atoms with Crippen LogP contribution in [0.5, 0.6) is 0 Å². The number of sulfonamides is 1. The van der Waals surface area contributed by atoms with E-state index in [1.54, 1.807) is 33.0 Å². The minimum atomic E-state index is -3.29. The minimum absolute atomic E-state index is 0. The van der Waals surface area contributed by atoms with Crippen LogP contribution in [0.3, 0.4) is 0 Å². The Kier molecular flexibility index (Phi) is 9.00. The summed E-state index contributed by atoms with van der Waals surface area (Å²) < 4.78 is 38.2. The van der Waals surface area contributed by atoms with Crippen molar-refractivity contribution in [2.45, 2.75) is 25.9 Å². The van der Waals surface area contributed by atoms with E-state index in [2.05, 4.69) is 20.3 Å². The highest BCUT2D eigenvalue weighted by Gasteiger charge is 2.22. The van der Waals surface area contributed by atoms with Crippen LogP contribution in [0, 0.1) is 5.82 Å². The molecule has 0 unspecified atom stereocenters. The molecule has 0 atom stereocenters. The lowest BCUT2D eigenvalue weighted by Gasteiger charge is -2.26. The van der Waals surface area contributed by atoms with Gasteiger partial charge < -0.3 is 10.6 Å². The number of nitrogens with one attached hydrogen (secondary N) is 3. The average Bonchev–Trinajstić information content (AvgIpc) is 2.36. The molecule has 0 amide bonds. The smallest absolute Gasteiger partial charge is 0.209 e. The van der Waals surface area contributed by atoms with E-state index in [1.807, 2.05) is 0 Å². The Morgan fingerprint density at radius 3 is 2.48 bits per heavy atom. The molecule has 0 spiro atoms. The number of rotatable bonds is 6. The van der Waals surface area contributed by atoms with Gasteiger partial charge in [-0.1, -0.05) is 12.1 Å². The van der Waals surface area contributed by atoms with E-state index in [0.717, 1.165) is 11.8 Å². The summed E-state index contributed by atoms with van der Waals surface area (Å²) in [5, 5.41) is 6.08. The van der Waals surface area contributed by atoms with E-state index in [0.29, 0.717) is 19.0 Å². The van der Waals surface area contributed by atoms with Crippen molar-refractivity contribution in [1.29, 1.82) is 0 Å². The third-order valence-electron chi connectivity index (χ3n) is 2.73. The van der Waals surface area contributed by atoms with E-state index in [-0.39, 0.29) is 29.8 Å². The van der Waals surface area contributed by atoms with Gasteiger partial charge in [0.05, 0.1) is 6.26 Å². The number of guanidine groups is 1. The first-order chi connectivity index (χ1) is 10.1. The summed E-state index contributed by atoms with van der Waals surface area (Å²) in [5.41, 5.74) is 0.126. The Hall–Kier alpha value is -0.940. The molecule has 0 bridgehead atoms. The molecule has 0 radical (unpaired) electrons. The van der Waals surface area contributed by atoms with E-state index < -0.39 is 15.6 Å². The maximum absolute atomic E-state index is 13.1. The van der Waals surface area contributed by atoms with Crippen LogP contribution in [0.1, 0.15) is 19.4 Å². The summed E-state index contributed by atoms with van der Waals surface area (Å²) >= 11 is 0. The molecule has 0 fully saturated rings. The quantitative estimate of drug-likeness (QED) is 0.342. The van der Waals surface area contributed by atoms with Gasteiger partial charge >= 0.3 is 0 Å². The second-order valence-corrected chi connectivity index (χ2v) is 7.42. The summed E-state index contributed by atoms with van der Waals surface area (Å²) in [7, 11) is -1.68. The third kappa shape index (κ3) is 9.72. The highest BCUT2D eigenvalue weighted by molar-refractivity contribution is 14.0. The first-order valence-electron chi connectivity index (χ1n) is 6.79. The van der Waals surface area contributed by atoms with Gasteiger partial charge in [0.1, 0.15) is 5.82 Å². The Bertz CT molecular complexity index is 635. The SMILES string of the molecule is CN=C(NCc1cccc(F)c1)NCC(C)(C)NS(C)(=O)=O.I. The molecule has 6 nitrogen and oxygen atoms in total. The molecule has 0 aromatic heterocycles. The molecule has 1 aromatic rings. The van der Waals surface area contributed by atoms with Gasteiger partial charge in [-0.05, 0) is 31.5 Å². The van der Waals surface area contributed by atoms with Gasteiger partial charge in [-0.25, -0.2) is 17.5 Å². The Morgan fingerprint density at radius 2 is 1.96 bits per heavy atom. The molecular formula is C14H24FIN4O2S. The second-order valence-electron chi connectivity index (χ2n) is 5.67. The lowest BCUT2D eigenvalue weighted by Crippen LogP contribution is -2.52. The van der Waals surface area contributed by atoms with Crippen LogP contribution in [0.15, 0.2) is 29.3 Å². The fourth-order valence-corrected chi connectivity index (χ4v) is 2.97. The third-order valence-corrected chi connectivity index (χ3v) is 3.66. The van der Waals surface area contributed by atoms with Gasteiger partial charge in [0.2, 0.25) is 10.0 Å². The zero-order valence-corrected chi connectivity index (χ0v) is 16.8. The highest BCUT2D eigenvalue weighted by Crippen LogP contribution is 2.03. The number of halogens is 2. The number of hydrogen-bond donors (Lipinski definition) is 3. The van der Waals surface area contributed by atoms with Gasteiger partial charge in [-0.2, -0.15) is 0 Å². The topological polar surface area (TPSA) is 82.6 Å². The van der Waals surface area contributed by atoms with Gasteiger partial charge in [0, 0.05) is 25.7 Å². The lowest BCUT2D eigenvalue weighted by atomic mass is 10.1. The van der Waals surface area contributed by atoms with Crippen molar-refractivity contribution < 1.29 is 12.8 Å². The van der Waals surface area contributed by atoms with Crippen LogP contribution in [0.4, 0.5) is 4.39 Å². The molecule has 0 aliphatic heterocycles. The predicted octanol–water partition coefficient (Wildman–Crippen LogP) is 1.44. The van der Waals surface area contributed by atoms with E-state index in [4.69, 9.17) is 0 Å². The Morgan fingerprint density at radius 1 is 1.30 bits per heavy atom. The first kappa shape index (κ1) is 22.1. The molecule has 0 aliphatic rings. The van der Waals surface area contributed by atoms with Crippen molar-refractivity contribution in [3.8, 4) is 0 Å². The molecule has 1 rings (SSSR count). The van der Waals surface area contributed by atoms with Crippen molar-refractivity contribution in [2.75, 3.05) is 19.8 Å². The monoisotopic (exact) mass is 458 g/mol. The average molecular weight is 458 g/mol. The predicted molar refractivity (Wildman–Crippen MR) is 102 cm³/mol. The van der Waals surface area contributed by atoms with Crippen LogP contribution in [0.25, 0.3) is 0 Å². The van der Waals surface area contributed by atoms with Crippen molar-refractivity contribution >= 4 is 40.0 Å². The van der Waals surface area contributed by atoms with Gasteiger partial charge in [-0.3, -0.25) is 4.99 Å². The summed E-state index contributed by atoms with van der Waals surface area (Å²) in [5.74, 6) is 0.216. The largest absolute Gasteiger partial charge is 0.355 e. The molecule has 1 aromatic carbocycles. The van der Waals surface area contributed by atoms with E-state index >= 15 is 0 Å². The minimum Gasteiger partial charge on any atom is -0.355 e. The van der Waals surface area contributed by atoms with Gasteiger partial charge in [0.15, 0.2) is 5.96 Å². The number of nitrogens with zero attached hydrogens (tertiary/aromatic N) is 1. The summed E-state index contributed by atoms with van der Waals surface area (Å²) in [6.07, 6.45) is 1.12. The van der Waals surface area contributed by atoms with E-state index in [1.165, 1.54) is 12.1 Å². The van der Waals surface area contributed by atoms with Crippen molar-refractivity contribution in [1.82, 2.24) is 15.4 Å². The standard InChI is InChI=1S/C14H23FN4O2S.HI/c1-14(2,19-22(4,20)21)10-18-13(16-3)17-9-11-6-5-7-12(15)8-11;/h5-8,19H,9-10H2,1-4H3,(H2,16,17,18);1H. The summed E-state index contributed by atoms with van der Waals surface area (Å²) in [6, 6.07) is 6.27. The normalized spacial score (nSPS) is 12.5. The zero-order chi connectivity index (χ0) is 16.8. The molecule has 132 valence electrons. The maximum Gasteiger partial charge on any atom is 0.209 e. The van der Waals surface area contributed by atoms with Gasteiger partial charge in [-0.15, -0.1) is 24.0 Å². The van der Waals surface area contributed by atoms with Gasteiger partial charge in [0.25, 0.3) is 0 Å². The molecule has 0 saturated heterocycles. The second kappa shape index (κ2) is 9.38. The van der Waals surface area contributed by atoms with Crippen LogP contribution >= 0.6 is 24.0 Å². The molecule has 23 heavy (non-hydrogen) atoms. The Balaban J connectivity index is 0.00000484. The number of hydrogen-bond acceptors (Lipinski definition) is 3. The lowest BCUT2D eigenvalue weighted by molar-refractivity contribution is 0.446. The number of aliphatic imine (C=N–C) groups is 1. The molecule has 0 aliphatic carbocycles. The van der Waals surface area contributed by atoms with Crippen molar-refractivity contribution in [3.63, 3.8) is 0 Å². The van der Waals surface area contributed by atoms with Crippen LogP contribution < -0.4 is 15.4 Å². The van der Waals surface area contributed by atoms with Crippen LogP contribution in [0.2, 0.25) is 0 Å². The van der Waals surface area contributed by atoms with Crippen molar-refractivity contribution in [2.24, 2.45) is 4.99 Å². The molecule has 3 N–H and O–H groups in total. The van der Waals surface area contributed by atoms with Crippen molar-refractivity contribution in [3.05, 3.63) is 35.6 Å². The molecule has 9 heteroatoms. The fraction of sp³-hybridized carbons (Fsp3) is 0.500. The summed E-state index contributed by atoms with van der Waals surface area (Å²) in [6.45, 7) is 4.29. The molecular weight excluding hydrogens is 434 g/mol. The Labute approximate surface area is 154 Å². The first-order valence-corrected chi connectivity index (χ1v) is 8.68. The molecule has 0 heterocycles. The van der Waals surface area contributed by atoms with Crippen LogP contribution in [-0.2, 0) is 16.6 Å². The zero-order valence-electron chi connectivity index (χ0n) is 13.7. The van der Waals surface area contributed by atoms with E-state index in [9.17, 15) is 12.8 Å². The maximum atomic E-state index is 13.1. The molecule has 0 saturated carbocycles. The number of benzene rings is 1. The van der Waals surface area contributed by atoms with Crippen LogP contribution in [-0.4, -0.2) is 39.8 Å². The summed E-state index contributed by atoms with van der Waals surface area (Å²) in [4.78, 5) is 4.05. The highest BCUT2D eigenvalue weighted by atomic mass is 127.